The number of methoxy groups -OCH3 is 1. The number of nitrogens with two attached hydrogens (primary N) is 1. The molecular weight excluding hydrogens is 382 g/mol. The number of phenols is 1. The summed E-state index contributed by atoms with van der Waals surface area (Å²) in [4.78, 5) is 49.4. The third kappa shape index (κ3) is 4.48. The van der Waals surface area contributed by atoms with Crippen molar-refractivity contribution in [3.63, 3.8) is 0 Å². The largest absolute Gasteiger partial charge is 0.507 e. The fourth-order valence-corrected chi connectivity index (χ4v) is 2.67. The fourth-order valence-electron chi connectivity index (χ4n) is 2.67. The number of esters is 1. The van der Waals surface area contributed by atoms with E-state index >= 15 is 0 Å². The minimum absolute atomic E-state index is 0.0318. The lowest BCUT2D eigenvalue weighted by Gasteiger charge is -2.16. The van der Waals surface area contributed by atoms with Crippen LogP contribution in [0.2, 0.25) is 0 Å². The first-order valence-corrected chi connectivity index (χ1v) is 8.75. The Bertz CT molecular complexity index is 1070. The maximum Gasteiger partial charge on any atom is 0.342 e. The second-order valence-corrected chi connectivity index (χ2v) is 6.79. The number of Topliss-reactive ketones (excluding diaryl/α,β-unsaturated/α-hetero) is 1. The van der Waals surface area contributed by atoms with Gasteiger partial charge in [0, 0.05) is 13.6 Å². The molecule has 156 valence electrons. The molecule has 0 bridgehead atoms. The molecule has 2 rings (SSSR count). The van der Waals surface area contributed by atoms with E-state index in [1.54, 1.807) is 0 Å². The smallest absolute Gasteiger partial charge is 0.342 e. The number of carbonyl (C=O) groups excluding carboxylic acids is 2. The molecular formula is C19H23N3O7. The number of aromatic nitrogens is 2. The van der Waals surface area contributed by atoms with Gasteiger partial charge in [-0.2, -0.15) is 0 Å². The van der Waals surface area contributed by atoms with E-state index in [2.05, 4.69) is 0 Å². The standard InChI is InChI=1S/C19H23N3O7/c1-10(2)8-22-16(20)15(17(25)21(3)19(22)27)14(24)9-29-18(26)12-7-11(28-4)5-6-13(12)23/h5-7,10,23H,8-9,20H2,1-4H3. The van der Waals surface area contributed by atoms with Gasteiger partial charge < -0.3 is 20.3 Å². The van der Waals surface area contributed by atoms with Crippen LogP contribution in [-0.4, -0.2) is 39.7 Å². The van der Waals surface area contributed by atoms with E-state index in [0.717, 1.165) is 9.13 Å². The third-order valence-corrected chi connectivity index (χ3v) is 4.17. The Hall–Kier alpha value is -3.56. The number of aromatic hydroxyl groups is 1. The average molecular weight is 405 g/mol. The molecule has 2 aromatic rings. The summed E-state index contributed by atoms with van der Waals surface area (Å²) in [5.41, 5.74) is 3.75. The van der Waals surface area contributed by atoms with Crippen LogP contribution in [-0.2, 0) is 18.3 Å². The van der Waals surface area contributed by atoms with Gasteiger partial charge in [-0.1, -0.05) is 13.8 Å². The van der Waals surface area contributed by atoms with Crippen LogP contribution in [0.15, 0.2) is 27.8 Å². The summed E-state index contributed by atoms with van der Waals surface area (Å²) in [6, 6.07) is 3.94. The zero-order valence-electron chi connectivity index (χ0n) is 16.6. The van der Waals surface area contributed by atoms with E-state index in [-0.39, 0.29) is 29.6 Å². The predicted molar refractivity (Wildman–Crippen MR) is 104 cm³/mol. The van der Waals surface area contributed by atoms with Gasteiger partial charge in [-0.05, 0) is 24.1 Å². The molecule has 0 unspecified atom stereocenters. The van der Waals surface area contributed by atoms with Crippen molar-refractivity contribution in [3.05, 3.63) is 50.2 Å². The van der Waals surface area contributed by atoms with Crippen molar-refractivity contribution in [2.45, 2.75) is 20.4 Å². The molecule has 0 aliphatic carbocycles. The molecule has 10 heteroatoms. The molecule has 0 aliphatic heterocycles. The Kier molecular flexibility index (Phi) is 6.47. The Morgan fingerprint density at radius 2 is 1.90 bits per heavy atom. The van der Waals surface area contributed by atoms with Gasteiger partial charge >= 0.3 is 11.7 Å². The Balaban J connectivity index is 2.32. The number of ketones is 1. The van der Waals surface area contributed by atoms with E-state index in [1.807, 2.05) is 13.8 Å². The zero-order chi connectivity index (χ0) is 21.9. The first kappa shape index (κ1) is 21.7. The van der Waals surface area contributed by atoms with Gasteiger partial charge in [0.25, 0.3) is 5.56 Å². The Labute approximate surface area is 166 Å². The maximum absolute atomic E-state index is 12.6. The zero-order valence-corrected chi connectivity index (χ0v) is 16.6. The summed E-state index contributed by atoms with van der Waals surface area (Å²) in [5, 5.41) is 9.81. The number of nitrogens with zero attached hydrogens (tertiary/aromatic N) is 2. The highest BCUT2D eigenvalue weighted by atomic mass is 16.5. The summed E-state index contributed by atoms with van der Waals surface area (Å²) in [6.45, 7) is 3.10. The SMILES string of the molecule is COc1ccc(O)c(C(=O)OCC(=O)c2c(N)n(CC(C)C)c(=O)n(C)c2=O)c1. The summed E-state index contributed by atoms with van der Waals surface area (Å²) >= 11 is 0. The second-order valence-electron chi connectivity index (χ2n) is 6.79. The fraction of sp³-hybridized carbons (Fsp3) is 0.368. The van der Waals surface area contributed by atoms with E-state index in [9.17, 15) is 24.3 Å². The first-order valence-electron chi connectivity index (χ1n) is 8.75. The molecule has 0 amide bonds. The van der Waals surface area contributed by atoms with Crippen LogP contribution in [0, 0.1) is 5.92 Å². The molecule has 0 radical (unpaired) electrons. The van der Waals surface area contributed by atoms with Crippen molar-refractivity contribution in [2.75, 3.05) is 19.5 Å². The monoisotopic (exact) mass is 405 g/mol. The van der Waals surface area contributed by atoms with Crippen LogP contribution < -0.4 is 21.7 Å². The predicted octanol–water partition coefficient (Wildman–Crippen LogP) is 0.539. The number of phenolic OH excluding ortho intramolecular Hbond substituents is 1. The summed E-state index contributed by atoms with van der Waals surface area (Å²) in [5.74, 6) is -2.15. The number of carbonyl (C=O) groups is 2. The summed E-state index contributed by atoms with van der Waals surface area (Å²) < 4.78 is 11.8. The van der Waals surface area contributed by atoms with Crippen LogP contribution in [0.3, 0.4) is 0 Å². The van der Waals surface area contributed by atoms with Gasteiger partial charge in [0.1, 0.15) is 28.4 Å². The van der Waals surface area contributed by atoms with Crippen molar-refractivity contribution in [3.8, 4) is 11.5 Å². The molecule has 10 nitrogen and oxygen atoms in total. The van der Waals surface area contributed by atoms with Crippen LogP contribution in [0.1, 0.15) is 34.6 Å². The summed E-state index contributed by atoms with van der Waals surface area (Å²) in [6.07, 6.45) is 0. The van der Waals surface area contributed by atoms with Crippen LogP contribution in [0.5, 0.6) is 11.5 Å². The van der Waals surface area contributed by atoms with E-state index in [4.69, 9.17) is 15.2 Å². The minimum atomic E-state index is -0.986. The number of rotatable bonds is 7. The highest BCUT2D eigenvalue weighted by Crippen LogP contribution is 2.23. The molecule has 1 aromatic carbocycles. The molecule has 1 heterocycles. The Morgan fingerprint density at radius 1 is 1.24 bits per heavy atom. The lowest BCUT2D eigenvalue weighted by molar-refractivity contribution is 0.0471. The quantitative estimate of drug-likeness (QED) is 0.502. The van der Waals surface area contributed by atoms with E-state index in [0.29, 0.717) is 5.75 Å². The number of nitrogen functional groups attached to an aromatic ring is 1. The molecule has 0 saturated carbocycles. The van der Waals surface area contributed by atoms with Gasteiger partial charge in [0.15, 0.2) is 6.61 Å². The molecule has 0 saturated heterocycles. The minimum Gasteiger partial charge on any atom is -0.507 e. The van der Waals surface area contributed by atoms with E-state index in [1.165, 1.54) is 32.4 Å². The average Bonchev–Trinajstić information content (AvgIpc) is 2.68. The number of ether oxygens (including phenoxy) is 2. The maximum atomic E-state index is 12.6. The van der Waals surface area contributed by atoms with Crippen molar-refractivity contribution in [1.82, 2.24) is 9.13 Å². The summed E-state index contributed by atoms with van der Waals surface area (Å²) in [7, 11) is 2.62. The molecule has 29 heavy (non-hydrogen) atoms. The number of benzene rings is 1. The van der Waals surface area contributed by atoms with Gasteiger partial charge in [-0.15, -0.1) is 0 Å². The van der Waals surface area contributed by atoms with Gasteiger partial charge in [-0.3, -0.25) is 18.7 Å². The first-order chi connectivity index (χ1) is 13.6. The number of hydrogen-bond acceptors (Lipinski definition) is 8. The molecule has 0 fully saturated rings. The molecule has 0 aliphatic rings. The number of anilines is 1. The lowest BCUT2D eigenvalue weighted by Crippen LogP contribution is -2.43. The molecule has 0 spiro atoms. The lowest BCUT2D eigenvalue weighted by atomic mass is 10.1. The normalized spacial score (nSPS) is 10.8. The Morgan fingerprint density at radius 3 is 2.48 bits per heavy atom. The van der Waals surface area contributed by atoms with Crippen LogP contribution in [0.4, 0.5) is 5.82 Å². The van der Waals surface area contributed by atoms with Gasteiger partial charge in [0.05, 0.1) is 7.11 Å². The molecule has 0 atom stereocenters. The van der Waals surface area contributed by atoms with E-state index < -0.39 is 35.2 Å². The van der Waals surface area contributed by atoms with Crippen molar-refractivity contribution in [1.29, 1.82) is 0 Å². The van der Waals surface area contributed by atoms with Crippen molar-refractivity contribution < 1.29 is 24.2 Å². The molecule has 3 N–H and O–H groups in total. The topological polar surface area (TPSA) is 143 Å². The highest BCUT2D eigenvalue weighted by Gasteiger charge is 2.24. The van der Waals surface area contributed by atoms with Crippen LogP contribution in [0.25, 0.3) is 0 Å². The van der Waals surface area contributed by atoms with Gasteiger partial charge in [0.2, 0.25) is 5.78 Å². The third-order valence-electron chi connectivity index (χ3n) is 4.17. The van der Waals surface area contributed by atoms with Crippen LogP contribution >= 0.6 is 0 Å². The van der Waals surface area contributed by atoms with Crippen molar-refractivity contribution in [2.24, 2.45) is 13.0 Å². The van der Waals surface area contributed by atoms with Gasteiger partial charge in [-0.25, -0.2) is 9.59 Å². The number of hydrogen-bond donors (Lipinski definition) is 2. The van der Waals surface area contributed by atoms with Crippen molar-refractivity contribution >= 4 is 17.6 Å². The second kappa shape index (κ2) is 8.63. The molecule has 1 aromatic heterocycles. The highest BCUT2D eigenvalue weighted by molar-refractivity contribution is 6.02.